The van der Waals surface area contributed by atoms with E-state index in [4.69, 9.17) is 4.84 Å². The average molecular weight is 352 g/mol. The first-order chi connectivity index (χ1) is 12.8. The minimum absolute atomic E-state index is 0.0727. The molecule has 0 aliphatic carbocycles. The van der Waals surface area contributed by atoms with E-state index in [-0.39, 0.29) is 5.91 Å². The lowest BCUT2D eigenvalue weighted by Gasteiger charge is -2.33. The molecule has 1 aromatic carbocycles. The smallest absolute Gasteiger partial charge is 0.266 e. The monoisotopic (exact) mass is 352 g/mol. The van der Waals surface area contributed by atoms with Crippen molar-refractivity contribution in [3.63, 3.8) is 0 Å². The highest BCUT2D eigenvalue weighted by Gasteiger charge is 2.34. The van der Waals surface area contributed by atoms with Crippen LogP contribution in [-0.2, 0) is 9.63 Å². The highest BCUT2D eigenvalue weighted by molar-refractivity contribution is 5.92. The lowest BCUT2D eigenvalue weighted by atomic mass is 9.89. The van der Waals surface area contributed by atoms with Gasteiger partial charge in [-0.3, -0.25) is 9.89 Å². The van der Waals surface area contributed by atoms with Gasteiger partial charge in [-0.1, -0.05) is 42.4 Å². The number of hydrogen-bond donors (Lipinski definition) is 1. The van der Waals surface area contributed by atoms with E-state index in [1.807, 2.05) is 36.2 Å². The van der Waals surface area contributed by atoms with Crippen LogP contribution in [0.15, 0.2) is 41.7 Å². The van der Waals surface area contributed by atoms with E-state index in [0.29, 0.717) is 12.3 Å². The van der Waals surface area contributed by atoms with Gasteiger partial charge in [-0.05, 0) is 24.8 Å². The second-order valence-electron chi connectivity index (χ2n) is 6.97. The van der Waals surface area contributed by atoms with E-state index in [2.05, 4.69) is 27.5 Å². The van der Waals surface area contributed by atoms with Crippen molar-refractivity contribution in [3.05, 3.63) is 42.2 Å². The van der Waals surface area contributed by atoms with Gasteiger partial charge in [-0.2, -0.15) is 5.10 Å². The molecule has 1 atom stereocenters. The van der Waals surface area contributed by atoms with Crippen molar-refractivity contribution in [1.29, 1.82) is 0 Å². The fraction of sp³-hybridized carbons (Fsp3) is 0.450. The Kier molecular flexibility index (Phi) is 4.73. The molecule has 1 amide bonds. The van der Waals surface area contributed by atoms with Crippen molar-refractivity contribution in [2.75, 3.05) is 13.1 Å². The first-order valence-electron chi connectivity index (χ1n) is 9.35. The number of benzene rings is 1. The minimum atomic E-state index is -0.423. The molecule has 3 heterocycles. The molecule has 2 aliphatic rings. The minimum Gasteiger partial charge on any atom is -0.382 e. The Bertz CT molecular complexity index is 791. The SMILES string of the molecule is CCC1=NO[C@H](C(=O)N2CCC(c3[nH]ncc3-c3ccccc3)CC2)C1. The maximum Gasteiger partial charge on any atom is 0.266 e. The molecule has 0 radical (unpaired) electrons. The number of aromatic amines is 1. The van der Waals surface area contributed by atoms with Gasteiger partial charge >= 0.3 is 0 Å². The third kappa shape index (κ3) is 3.23. The normalized spacial score (nSPS) is 20.7. The Balaban J connectivity index is 1.39. The lowest BCUT2D eigenvalue weighted by Crippen LogP contribution is -2.43. The van der Waals surface area contributed by atoms with Gasteiger partial charge in [0.1, 0.15) is 0 Å². The van der Waals surface area contributed by atoms with Gasteiger partial charge in [0.15, 0.2) is 0 Å². The summed E-state index contributed by atoms with van der Waals surface area (Å²) in [7, 11) is 0. The summed E-state index contributed by atoms with van der Waals surface area (Å²) in [4.78, 5) is 19.9. The van der Waals surface area contributed by atoms with Crippen molar-refractivity contribution >= 4 is 11.6 Å². The maximum atomic E-state index is 12.7. The fourth-order valence-corrected chi connectivity index (χ4v) is 3.82. The van der Waals surface area contributed by atoms with E-state index in [1.165, 1.54) is 11.3 Å². The zero-order valence-corrected chi connectivity index (χ0v) is 15.0. The number of piperidine rings is 1. The van der Waals surface area contributed by atoms with Gasteiger partial charge in [0.2, 0.25) is 6.10 Å². The van der Waals surface area contributed by atoms with Gasteiger partial charge in [0.05, 0.1) is 11.9 Å². The molecule has 0 bridgehead atoms. The number of amides is 1. The quantitative estimate of drug-likeness (QED) is 0.917. The highest BCUT2D eigenvalue weighted by atomic mass is 16.6. The molecule has 1 saturated heterocycles. The van der Waals surface area contributed by atoms with Gasteiger partial charge in [0.25, 0.3) is 5.91 Å². The molecular weight excluding hydrogens is 328 g/mol. The number of oxime groups is 1. The molecule has 6 heteroatoms. The molecule has 0 unspecified atom stereocenters. The van der Waals surface area contributed by atoms with E-state index in [0.717, 1.165) is 43.6 Å². The van der Waals surface area contributed by atoms with Gasteiger partial charge < -0.3 is 9.74 Å². The molecule has 4 rings (SSSR count). The molecule has 1 aromatic heterocycles. The van der Waals surface area contributed by atoms with Crippen LogP contribution in [-0.4, -0.2) is 45.9 Å². The van der Waals surface area contributed by atoms with Crippen LogP contribution in [0.2, 0.25) is 0 Å². The number of hydrogen-bond acceptors (Lipinski definition) is 4. The summed E-state index contributed by atoms with van der Waals surface area (Å²) in [6.45, 7) is 3.53. The second-order valence-corrected chi connectivity index (χ2v) is 6.97. The van der Waals surface area contributed by atoms with Crippen LogP contribution in [0.1, 0.15) is 44.2 Å². The van der Waals surface area contributed by atoms with Crippen LogP contribution in [0.25, 0.3) is 11.1 Å². The molecule has 6 nitrogen and oxygen atoms in total. The highest BCUT2D eigenvalue weighted by Crippen LogP contribution is 2.34. The summed E-state index contributed by atoms with van der Waals surface area (Å²) >= 11 is 0. The summed E-state index contributed by atoms with van der Waals surface area (Å²) in [6, 6.07) is 10.3. The number of likely N-dealkylation sites (tertiary alicyclic amines) is 1. The first-order valence-corrected chi connectivity index (χ1v) is 9.35. The van der Waals surface area contributed by atoms with Crippen molar-refractivity contribution < 1.29 is 9.63 Å². The summed E-state index contributed by atoms with van der Waals surface area (Å²) in [5, 5.41) is 11.5. The molecule has 26 heavy (non-hydrogen) atoms. The number of aromatic nitrogens is 2. The molecule has 0 saturated carbocycles. The predicted octanol–water partition coefficient (Wildman–Crippen LogP) is 3.34. The van der Waals surface area contributed by atoms with Crippen LogP contribution >= 0.6 is 0 Å². The van der Waals surface area contributed by atoms with Crippen LogP contribution in [0.4, 0.5) is 0 Å². The van der Waals surface area contributed by atoms with E-state index >= 15 is 0 Å². The lowest BCUT2D eigenvalue weighted by molar-refractivity contribution is -0.143. The molecule has 0 spiro atoms. The Morgan fingerprint density at radius 2 is 2.04 bits per heavy atom. The van der Waals surface area contributed by atoms with Gasteiger partial charge in [-0.25, -0.2) is 0 Å². The molecule has 1 N–H and O–H groups in total. The van der Waals surface area contributed by atoms with E-state index in [9.17, 15) is 4.79 Å². The van der Waals surface area contributed by atoms with Crippen molar-refractivity contribution in [3.8, 4) is 11.1 Å². The topological polar surface area (TPSA) is 70.6 Å². The third-order valence-corrected chi connectivity index (χ3v) is 5.38. The summed E-state index contributed by atoms with van der Waals surface area (Å²) in [5.41, 5.74) is 4.49. The zero-order valence-electron chi connectivity index (χ0n) is 15.0. The third-order valence-electron chi connectivity index (χ3n) is 5.38. The summed E-state index contributed by atoms with van der Waals surface area (Å²) < 4.78 is 0. The Labute approximate surface area is 153 Å². The molecular formula is C20H24N4O2. The van der Waals surface area contributed by atoms with Gasteiger partial charge in [0, 0.05) is 36.7 Å². The summed E-state index contributed by atoms with van der Waals surface area (Å²) in [5.74, 6) is 0.465. The Morgan fingerprint density at radius 1 is 1.27 bits per heavy atom. The largest absolute Gasteiger partial charge is 0.382 e. The van der Waals surface area contributed by atoms with Crippen LogP contribution in [0, 0.1) is 0 Å². The fourth-order valence-electron chi connectivity index (χ4n) is 3.82. The Hall–Kier alpha value is -2.63. The van der Waals surface area contributed by atoms with E-state index < -0.39 is 6.10 Å². The second kappa shape index (κ2) is 7.32. The first kappa shape index (κ1) is 16.8. The van der Waals surface area contributed by atoms with E-state index in [1.54, 1.807) is 0 Å². The molecule has 2 aliphatic heterocycles. The number of nitrogens with zero attached hydrogens (tertiary/aromatic N) is 3. The molecule has 2 aromatic rings. The number of carbonyl (C=O) groups excluding carboxylic acids is 1. The van der Waals surface area contributed by atoms with Crippen LogP contribution in [0.3, 0.4) is 0 Å². The molecule has 136 valence electrons. The number of nitrogens with one attached hydrogen (secondary N) is 1. The number of rotatable bonds is 4. The average Bonchev–Trinajstić information content (AvgIpc) is 3.38. The number of H-pyrrole nitrogens is 1. The standard InChI is InChI=1S/C20H24N4O2/c1-2-16-12-18(26-23-16)20(25)24-10-8-15(9-11-24)19-17(13-21-22-19)14-6-4-3-5-7-14/h3-7,13,15,18H,2,8-12H2,1H3,(H,21,22)/t18-/m0/s1. The number of carbonyl (C=O) groups is 1. The maximum absolute atomic E-state index is 12.7. The van der Waals surface area contributed by atoms with Crippen molar-refractivity contribution in [2.45, 2.75) is 44.6 Å². The predicted molar refractivity (Wildman–Crippen MR) is 99.8 cm³/mol. The molecule has 1 fully saturated rings. The Morgan fingerprint density at radius 3 is 2.73 bits per heavy atom. The zero-order chi connectivity index (χ0) is 17.9. The van der Waals surface area contributed by atoms with Crippen molar-refractivity contribution in [2.24, 2.45) is 5.16 Å². The van der Waals surface area contributed by atoms with Crippen LogP contribution in [0.5, 0.6) is 0 Å². The summed E-state index contributed by atoms with van der Waals surface area (Å²) in [6.07, 6.45) is 4.82. The van der Waals surface area contributed by atoms with Crippen molar-refractivity contribution in [1.82, 2.24) is 15.1 Å². The van der Waals surface area contributed by atoms with Crippen LogP contribution < -0.4 is 0 Å². The van der Waals surface area contributed by atoms with Gasteiger partial charge in [-0.15, -0.1) is 0 Å².